The number of carbonyl (C=O) groups is 2. The summed E-state index contributed by atoms with van der Waals surface area (Å²) in [5.41, 5.74) is -0.867. The quantitative estimate of drug-likeness (QED) is 0.874. The van der Waals surface area contributed by atoms with Crippen molar-refractivity contribution in [3.63, 3.8) is 0 Å². The third-order valence-electron chi connectivity index (χ3n) is 2.96. The van der Waals surface area contributed by atoms with Crippen LogP contribution in [0, 0.1) is 5.82 Å². The van der Waals surface area contributed by atoms with Gasteiger partial charge in [0.05, 0.1) is 6.42 Å². The van der Waals surface area contributed by atoms with E-state index in [1.165, 1.54) is 19.1 Å². The van der Waals surface area contributed by atoms with E-state index >= 15 is 0 Å². The molecule has 1 aromatic rings. The lowest BCUT2D eigenvalue weighted by molar-refractivity contribution is -0.146. The highest BCUT2D eigenvalue weighted by molar-refractivity contribution is 6.31. The van der Waals surface area contributed by atoms with E-state index in [4.69, 9.17) is 16.7 Å². The number of nitrogens with one attached hydrogen (secondary N) is 1. The minimum absolute atomic E-state index is 0.0953. The van der Waals surface area contributed by atoms with Gasteiger partial charge in [0.25, 0.3) is 0 Å². The van der Waals surface area contributed by atoms with E-state index in [9.17, 15) is 14.0 Å². The Balaban J connectivity index is 2.78. The molecule has 0 bridgehead atoms. The molecule has 6 heteroatoms. The van der Waals surface area contributed by atoms with Crippen LogP contribution in [-0.4, -0.2) is 22.5 Å². The highest BCUT2D eigenvalue weighted by Crippen LogP contribution is 2.18. The van der Waals surface area contributed by atoms with Gasteiger partial charge in [-0.1, -0.05) is 24.6 Å². The van der Waals surface area contributed by atoms with Crippen molar-refractivity contribution in [2.45, 2.75) is 32.2 Å². The van der Waals surface area contributed by atoms with Gasteiger partial charge in [-0.2, -0.15) is 0 Å². The third kappa shape index (κ3) is 3.92. The Bertz CT molecular complexity index is 507. The summed E-state index contributed by atoms with van der Waals surface area (Å²) in [6, 6.07) is 3.71. The lowest BCUT2D eigenvalue weighted by Crippen LogP contribution is -2.52. The van der Waals surface area contributed by atoms with Crippen molar-refractivity contribution in [3.05, 3.63) is 34.6 Å². The van der Waals surface area contributed by atoms with Crippen LogP contribution in [0.4, 0.5) is 4.39 Å². The zero-order valence-electron chi connectivity index (χ0n) is 10.7. The Labute approximate surface area is 115 Å². The monoisotopic (exact) mass is 287 g/mol. The Morgan fingerprint density at radius 2 is 2.11 bits per heavy atom. The van der Waals surface area contributed by atoms with Crippen LogP contribution in [0.3, 0.4) is 0 Å². The fraction of sp³-hybridized carbons (Fsp3) is 0.385. The topological polar surface area (TPSA) is 66.4 Å². The van der Waals surface area contributed by atoms with E-state index in [2.05, 4.69) is 5.32 Å². The molecule has 2 N–H and O–H groups in total. The smallest absolute Gasteiger partial charge is 0.329 e. The van der Waals surface area contributed by atoms with E-state index in [-0.39, 0.29) is 17.9 Å². The minimum Gasteiger partial charge on any atom is -0.480 e. The fourth-order valence-corrected chi connectivity index (χ4v) is 1.72. The van der Waals surface area contributed by atoms with E-state index in [0.717, 1.165) is 6.07 Å². The highest BCUT2D eigenvalue weighted by atomic mass is 35.5. The van der Waals surface area contributed by atoms with Gasteiger partial charge in [0.2, 0.25) is 5.91 Å². The largest absolute Gasteiger partial charge is 0.480 e. The lowest BCUT2D eigenvalue weighted by Gasteiger charge is -2.24. The van der Waals surface area contributed by atoms with Gasteiger partial charge in [-0.15, -0.1) is 0 Å². The molecule has 1 amide bonds. The molecule has 0 spiro atoms. The number of carboxylic acids is 1. The van der Waals surface area contributed by atoms with E-state index in [1.807, 2.05) is 0 Å². The van der Waals surface area contributed by atoms with Crippen LogP contribution in [0.1, 0.15) is 25.8 Å². The standard InChI is InChI=1S/C13H15ClFNO3/c1-3-13(2,12(18)19)16-11(17)6-8-4-5-9(15)7-10(8)14/h4-5,7H,3,6H2,1-2H3,(H,16,17)(H,18,19). The molecule has 1 rings (SSSR count). The van der Waals surface area contributed by atoms with Crippen LogP contribution in [0.2, 0.25) is 5.02 Å². The Kier molecular flexibility index (Phi) is 4.89. The predicted molar refractivity (Wildman–Crippen MR) is 69.6 cm³/mol. The van der Waals surface area contributed by atoms with Gasteiger partial charge in [-0.25, -0.2) is 9.18 Å². The number of halogens is 2. The first-order valence-corrected chi connectivity index (χ1v) is 6.14. The second-order valence-electron chi connectivity index (χ2n) is 4.45. The molecule has 104 valence electrons. The van der Waals surface area contributed by atoms with Gasteiger partial charge in [0, 0.05) is 5.02 Å². The number of carbonyl (C=O) groups excluding carboxylic acids is 1. The maximum Gasteiger partial charge on any atom is 0.329 e. The zero-order chi connectivity index (χ0) is 14.6. The summed E-state index contributed by atoms with van der Waals surface area (Å²) >= 11 is 5.80. The molecular formula is C13H15ClFNO3. The summed E-state index contributed by atoms with van der Waals surface area (Å²) in [5.74, 6) is -2.06. The molecule has 19 heavy (non-hydrogen) atoms. The van der Waals surface area contributed by atoms with Crippen LogP contribution in [0.25, 0.3) is 0 Å². The molecule has 1 atom stereocenters. The summed E-state index contributed by atoms with van der Waals surface area (Å²) in [6.45, 7) is 3.10. The maximum atomic E-state index is 12.9. The molecule has 0 aliphatic heterocycles. The second kappa shape index (κ2) is 6.02. The number of benzene rings is 1. The van der Waals surface area contributed by atoms with E-state index in [1.54, 1.807) is 6.92 Å². The van der Waals surface area contributed by atoms with Crippen LogP contribution < -0.4 is 5.32 Å². The van der Waals surface area contributed by atoms with Crippen LogP contribution in [0.5, 0.6) is 0 Å². The molecule has 4 nitrogen and oxygen atoms in total. The number of carboxylic acid groups (broad SMARTS) is 1. The zero-order valence-corrected chi connectivity index (χ0v) is 11.4. The summed E-state index contributed by atoms with van der Waals surface area (Å²) < 4.78 is 12.9. The predicted octanol–water partition coefficient (Wildman–Crippen LogP) is 2.39. The first-order chi connectivity index (χ1) is 8.78. The van der Waals surface area contributed by atoms with Gasteiger partial charge in [0.1, 0.15) is 11.4 Å². The van der Waals surface area contributed by atoms with Crippen molar-refractivity contribution in [2.24, 2.45) is 0 Å². The molecular weight excluding hydrogens is 273 g/mol. The summed E-state index contributed by atoms with van der Waals surface area (Å²) in [5, 5.41) is 11.6. The summed E-state index contributed by atoms with van der Waals surface area (Å²) in [4.78, 5) is 22.9. The Hall–Kier alpha value is -1.62. The van der Waals surface area contributed by atoms with Crippen molar-refractivity contribution >= 4 is 23.5 Å². The number of hydrogen-bond donors (Lipinski definition) is 2. The van der Waals surface area contributed by atoms with Gasteiger partial charge in [-0.3, -0.25) is 4.79 Å². The van der Waals surface area contributed by atoms with E-state index in [0.29, 0.717) is 5.56 Å². The van der Waals surface area contributed by atoms with E-state index < -0.39 is 23.2 Å². The molecule has 0 aliphatic rings. The Morgan fingerprint density at radius 3 is 2.58 bits per heavy atom. The van der Waals surface area contributed by atoms with Gasteiger partial charge in [0.15, 0.2) is 0 Å². The number of hydrogen-bond acceptors (Lipinski definition) is 2. The lowest BCUT2D eigenvalue weighted by atomic mass is 9.98. The molecule has 0 heterocycles. The van der Waals surface area contributed by atoms with Crippen LogP contribution in [0.15, 0.2) is 18.2 Å². The van der Waals surface area contributed by atoms with Gasteiger partial charge < -0.3 is 10.4 Å². The third-order valence-corrected chi connectivity index (χ3v) is 3.31. The van der Waals surface area contributed by atoms with Crippen LogP contribution in [-0.2, 0) is 16.0 Å². The van der Waals surface area contributed by atoms with Gasteiger partial charge in [-0.05, 0) is 31.0 Å². The average molecular weight is 288 g/mol. The summed E-state index contributed by atoms with van der Waals surface area (Å²) in [6.07, 6.45) is 0.160. The SMILES string of the molecule is CCC(C)(NC(=O)Cc1ccc(F)cc1Cl)C(=O)O. The second-order valence-corrected chi connectivity index (χ2v) is 4.86. The fourth-order valence-electron chi connectivity index (χ4n) is 1.48. The number of amides is 1. The molecule has 0 saturated heterocycles. The van der Waals surface area contributed by atoms with Crippen molar-refractivity contribution in [3.8, 4) is 0 Å². The Morgan fingerprint density at radius 1 is 1.47 bits per heavy atom. The highest BCUT2D eigenvalue weighted by Gasteiger charge is 2.32. The van der Waals surface area contributed by atoms with Crippen molar-refractivity contribution in [1.29, 1.82) is 0 Å². The molecule has 1 aromatic carbocycles. The van der Waals surface area contributed by atoms with Crippen molar-refractivity contribution in [1.82, 2.24) is 5.32 Å². The molecule has 0 aliphatic carbocycles. The van der Waals surface area contributed by atoms with Crippen LogP contribution >= 0.6 is 11.6 Å². The normalized spacial score (nSPS) is 13.7. The summed E-state index contributed by atoms with van der Waals surface area (Å²) in [7, 11) is 0. The molecule has 0 fully saturated rings. The molecule has 1 unspecified atom stereocenters. The molecule has 0 saturated carbocycles. The van der Waals surface area contributed by atoms with Crippen molar-refractivity contribution in [2.75, 3.05) is 0 Å². The molecule has 0 aromatic heterocycles. The number of aliphatic carboxylic acids is 1. The average Bonchev–Trinajstić information content (AvgIpc) is 2.32. The first kappa shape index (κ1) is 15.4. The number of rotatable bonds is 5. The molecule has 0 radical (unpaired) electrons. The first-order valence-electron chi connectivity index (χ1n) is 5.77. The van der Waals surface area contributed by atoms with Gasteiger partial charge >= 0.3 is 5.97 Å². The maximum absolute atomic E-state index is 12.9. The van der Waals surface area contributed by atoms with Crippen molar-refractivity contribution < 1.29 is 19.1 Å². The minimum atomic E-state index is -1.32.